The molecule has 0 amide bonds. The molecule has 0 saturated heterocycles. The van der Waals surface area contributed by atoms with E-state index in [0.29, 0.717) is 17.3 Å². The van der Waals surface area contributed by atoms with E-state index in [9.17, 15) is 8.42 Å². The van der Waals surface area contributed by atoms with Crippen LogP contribution in [0.4, 0.5) is 11.4 Å². The van der Waals surface area contributed by atoms with Gasteiger partial charge >= 0.3 is 0 Å². The average Bonchev–Trinajstić information content (AvgIpc) is 2.14. The van der Waals surface area contributed by atoms with E-state index in [1.165, 1.54) is 12.1 Å². The summed E-state index contributed by atoms with van der Waals surface area (Å²) in [5.41, 5.74) is 6.19. The second-order valence-corrected chi connectivity index (χ2v) is 5.20. The first-order valence-electron chi connectivity index (χ1n) is 4.31. The summed E-state index contributed by atoms with van der Waals surface area (Å²) >= 11 is 5.57. The predicted molar refractivity (Wildman–Crippen MR) is 65.7 cm³/mol. The van der Waals surface area contributed by atoms with Gasteiger partial charge in [-0.25, -0.2) is 13.6 Å². The van der Waals surface area contributed by atoms with Gasteiger partial charge in [-0.3, -0.25) is 0 Å². The molecular formula is C9H12ClN3O2S. The number of benzene rings is 1. The molecule has 5 nitrogen and oxygen atoms in total. The number of nitrogens with two attached hydrogens (primary N) is 2. The lowest BCUT2D eigenvalue weighted by atomic mass is 10.2. The quantitative estimate of drug-likeness (QED) is 0.707. The Morgan fingerprint density at radius 3 is 2.62 bits per heavy atom. The number of nitrogen functional groups attached to an aromatic ring is 1. The zero-order chi connectivity index (χ0) is 12.3. The standard InChI is InChI=1S/C9H12ClN3O2S/c1-6(10)5-13-7-3-2-4-8(9(7)11)16(12,14)15/h2-4,13H,1,5,11H2,(H2,12,14,15). The fraction of sp³-hybridized carbons (Fsp3) is 0.111. The van der Waals surface area contributed by atoms with Crippen molar-refractivity contribution in [1.29, 1.82) is 0 Å². The van der Waals surface area contributed by atoms with Gasteiger partial charge in [0.2, 0.25) is 10.0 Å². The van der Waals surface area contributed by atoms with Crippen LogP contribution in [0.5, 0.6) is 0 Å². The van der Waals surface area contributed by atoms with Crippen molar-refractivity contribution in [3.05, 3.63) is 29.8 Å². The molecule has 0 heterocycles. The summed E-state index contributed by atoms with van der Waals surface area (Å²) in [4.78, 5) is -0.113. The van der Waals surface area contributed by atoms with E-state index >= 15 is 0 Å². The van der Waals surface area contributed by atoms with Crippen molar-refractivity contribution in [2.75, 3.05) is 17.6 Å². The minimum absolute atomic E-state index is 0.0721. The maximum absolute atomic E-state index is 11.2. The number of hydrogen-bond donors (Lipinski definition) is 3. The number of hydrogen-bond acceptors (Lipinski definition) is 4. The maximum Gasteiger partial charge on any atom is 0.240 e. The minimum atomic E-state index is -3.81. The number of sulfonamides is 1. The molecule has 0 atom stereocenters. The summed E-state index contributed by atoms with van der Waals surface area (Å²) in [6.45, 7) is 3.78. The van der Waals surface area contributed by atoms with Gasteiger partial charge in [0.1, 0.15) is 4.90 Å². The maximum atomic E-state index is 11.2. The van der Waals surface area contributed by atoms with Crippen LogP contribution in [0.3, 0.4) is 0 Å². The normalized spacial score (nSPS) is 11.1. The van der Waals surface area contributed by atoms with Gasteiger partial charge in [-0.05, 0) is 12.1 Å². The van der Waals surface area contributed by atoms with Crippen LogP contribution in [-0.2, 0) is 10.0 Å². The van der Waals surface area contributed by atoms with Gasteiger partial charge in [0.15, 0.2) is 0 Å². The van der Waals surface area contributed by atoms with Crippen molar-refractivity contribution < 1.29 is 8.42 Å². The SMILES string of the molecule is C=C(Cl)CNc1cccc(S(N)(=O)=O)c1N. The van der Waals surface area contributed by atoms with Crippen molar-refractivity contribution in [1.82, 2.24) is 0 Å². The molecule has 7 heteroatoms. The molecule has 0 bridgehead atoms. The van der Waals surface area contributed by atoms with E-state index < -0.39 is 10.0 Å². The first-order chi connectivity index (χ1) is 7.32. The Bertz CT molecular complexity index is 513. The van der Waals surface area contributed by atoms with Crippen molar-refractivity contribution in [2.24, 2.45) is 5.14 Å². The number of halogens is 1. The van der Waals surface area contributed by atoms with Crippen molar-refractivity contribution in [2.45, 2.75) is 4.90 Å². The highest BCUT2D eigenvalue weighted by atomic mass is 35.5. The van der Waals surface area contributed by atoms with Crippen molar-refractivity contribution in [3.63, 3.8) is 0 Å². The first kappa shape index (κ1) is 12.8. The third-order valence-corrected chi connectivity index (χ3v) is 2.95. The lowest BCUT2D eigenvalue weighted by Crippen LogP contribution is -2.15. The Kier molecular flexibility index (Phi) is 3.79. The summed E-state index contributed by atoms with van der Waals surface area (Å²) in [6, 6.07) is 4.50. The van der Waals surface area contributed by atoms with Gasteiger partial charge in [0, 0.05) is 5.03 Å². The summed E-state index contributed by atoms with van der Waals surface area (Å²) in [7, 11) is -3.81. The zero-order valence-corrected chi connectivity index (χ0v) is 9.98. The number of anilines is 2. The van der Waals surface area contributed by atoms with E-state index in [-0.39, 0.29) is 10.6 Å². The van der Waals surface area contributed by atoms with Crippen molar-refractivity contribution >= 4 is 33.0 Å². The Morgan fingerprint density at radius 2 is 2.12 bits per heavy atom. The summed E-state index contributed by atoms with van der Waals surface area (Å²) in [6.07, 6.45) is 0. The molecule has 0 radical (unpaired) electrons. The van der Waals surface area contributed by atoms with E-state index in [0.717, 1.165) is 0 Å². The van der Waals surface area contributed by atoms with Gasteiger partial charge in [0.25, 0.3) is 0 Å². The van der Waals surface area contributed by atoms with Gasteiger partial charge in [-0.15, -0.1) is 0 Å². The molecule has 0 aliphatic heterocycles. The van der Waals surface area contributed by atoms with E-state index in [1.807, 2.05) is 0 Å². The molecule has 1 aromatic carbocycles. The van der Waals surface area contributed by atoms with E-state index in [2.05, 4.69) is 11.9 Å². The monoisotopic (exact) mass is 261 g/mol. The van der Waals surface area contributed by atoms with Crippen LogP contribution < -0.4 is 16.2 Å². The molecule has 0 saturated carbocycles. The molecular weight excluding hydrogens is 250 g/mol. The van der Waals surface area contributed by atoms with Gasteiger partial charge in [0.05, 0.1) is 17.9 Å². The Hall–Kier alpha value is -1.24. The predicted octanol–water partition coefficient (Wildman–Crippen LogP) is 1.08. The summed E-state index contributed by atoms with van der Waals surface area (Å²) in [5, 5.41) is 8.24. The van der Waals surface area contributed by atoms with Crippen LogP contribution in [-0.4, -0.2) is 15.0 Å². The molecule has 16 heavy (non-hydrogen) atoms. The summed E-state index contributed by atoms with van der Waals surface area (Å²) in [5.74, 6) is 0. The van der Waals surface area contributed by atoms with E-state index in [4.69, 9.17) is 22.5 Å². The molecule has 1 rings (SSSR count). The number of para-hydroxylation sites is 1. The number of rotatable bonds is 4. The second-order valence-electron chi connectivity index (χ2n) is 3.13. The second kappa shape index (κ2) is 4.73. The molecule has 5 N–H and O–H groups in total. The topological polar surface area (TPSA) is 98.2 Å². The van der Waals surface area contributed by atoms with E-state index in [1.54, 1.807) is 6.07 Å². The van der Waals surface area contributed by atoms with Crippen LogP contribution >= 0.6 is 11.6 Å². The third kappa shape index (κ3) is 3.13. The molecule has 0 spiro atoms. The largest absolute Gasteiger partial charge is 0.396 e. The highest BCUT2D eigenvalue weighted by Crippen LogP contribution is 2.25. The lowest BCUT2D eigenvalue weighted by molar-refractivity contribution is 0.598. The molecule has 0 fully saturated rings. The van der Waals surface area contributed by atoms with Crippen LogP contribution in [0.2, 0.25) is 0 Å². The van der Waals surface area contributed by atoms with Crippen molar-refractivity contribution in [3.8, 4) is 0 Å². The smallest absolute Gasteiger partial charge is 0.240 e. The summed E-state index contributed by atoms with van der Waals surface area (Å²) < 4.78 is 22.3. The first-order valence-corrected chi connectivity index (χ1v) is 6.23. The lowest BCUT2D eigenvalue weighted by Gasteiger charge is -2.11. The van der Waals surface area contributed by atoms with Gasteiger partial charge in [-0.2, -0.15) is 0 Å². The number of primary sulfonamides is 1. The van der Waals surface area contributed by atoms with Crippen LogP contribution in [0, 0.1) is 0 Å². The fourth-order valence-corrected chi connectivity index (χ4v) is 1.89. The molecule has 0 aromatic heterocycles. The zero-order valence-electron chi connectivity index (χ0n) is 8.40. The minimum Gasteiger partial charge on any atom is -0.396 e. The van der Waals surface area contributed by atoms with Crippen LogP contribution in [0.15, 0.2) is 34.7 Å². The molecule has 0 unspecified atom stereocenters. The molecule has 0 aliphatic carbocycles. The Labute approximate surface area is 99.1 Å². The number of nitrogens with one attached hydrogen (secondary N) is 1. The fourth-order valence-electron chi connectivity index (χ4n) is 1.14. The Morgan fingerprint density at radius 1 is 1.50 bits per heavy atom. The third-order valence-electron chi connectivity index (χ3n) is 1.84. The average molecular weight is 262 g/mol. The highest BCUT2D eigenvalue weighted by Gasteiger charge is 2.14. The molecule has 88 valence electrons. The van der Waals surface area contributed by atoms with Gasteiger partial charge in [-0.1, -0.05) is 24.2 Å². The molecule has 0 aliphatic rings. The van der Waals surface area contributed by atoms with Crippen LogP contribution in [0.1, 0.15) is 0 Å². The Balaban J connectivity index is 3.10. The van der Waals surface area contributed by atoms with Gasteiger partial charge < -0.3 is 11.1 Å². The highest BCUT2D eigenvalue weighted by molar-refractivity contribution is 7.89. The molecule has 1 aromatic rings. The van der Waals surface area contributed by atoms with Crippen LogP contribution in [0.25, 0.3) is 0 Å².